The predicted molar refractivity (Wildman–Crippen MR) is 71.6 cm³/mol. The van der Waals surface area contributed by atoms with Crippen LogP contribution in [-0.2, 0) is 10.5 Å². The van der Waals surface area contributed by atoms with Crippen molar-refractivity contribution in [3.63, 3.8) is 0 Å². The maximum Gasteiger partial charge on any atom is 0.230 e. The molecule has 2 N–H and O–H groups in total. The summed E-state index contributed by atoms with van der Waals surface area (Å²) in [6.45, 7) is 5.72. The second-order valence-corrected chi connectivity index (χ2v) is 5.54. The number of aryl methyl sites for hydroxylation is 2. The summed E-state index contributed by atoms with van der Waals surface area (Å²) in [4.78, 5) is 11.7. The molecule has 0 saturated carbocycles. The van der Waals surface area contributed by atoms with Crippen molar-refractivity contribution in [1.29, 1.82) is 0 Å². The van der Waals surface area contributed by atoms with Gasteiger partial charge in [0.05, 0.1) is 11.4 Å². The van der Waals surface area contributed by atoms with Gasteiger partial charge in [-0.25, -0.2) is 0 Å². The van der Waals surface area contributed by atoms with E-state index in [1.54, 1.807) is 11.8 Å². The Labute approximate surface area is 111 Å². The molecular formula is C12H19N3O2S. The maximum absolute atomic E-state index is 11.7. The molecule has 1 aromatic rings. The second-order valence-electron chi connectivity index (χ2n) is 4.55. The van der Waals surface area contributed by atoms with Gasteiger partial charge in [-0.3, -0.25) is 4.79 Å². The van der Waals surface area contributed by atoms with E-state index in [0.717, 1.165) is 42.3 Å². The first-order valence-electron chi connectivity index (χ1n) is 6.16. The van der Waals surface area contributed by atoms with E-state index in [1.807, 2.05) is 13.8 Å². The van der Waals surface area contributed by atoms with Crippen molar-refractivity contribution in [2.45, 2.75) is 32.1 Å². The van der Waals surface area contributed by atoms with Crippen LogP contribution in [-0.4, -0.2) is 35.9 Å². The van der Waals surface area contributed by atoms with Crippen LogP contribution < -0.4 is 10.6 Å². The molecule has 5 nitrogen and oxygen atoms in total. The third-order valence-electron chi connectivity index (χ3n) is 3.09. The highest BCUT2D eigenvalue weighted by Gasteiger charge is 2.16. The minimum absolute atomic E-state index is 0.112. The van der Waals surface area contributed by atoms with E-state index in [-0.39, 0.29) is 5.91 Å². The van der Waals surface area contributed by atoms with E-state index in [4.69, 9.17) is 4.52 Å². The minimum atomic E-state index is 0.112. The number of carbonyl (C=O) groups is 1. The fourth-order valence-electron chi connectivity index (χ4n) is 2.00. The monoisotopic (exact) mass is 269 g/mol. The zero-order chi connectivity index (χ0) is 13.0. The Morgan fingerprint density at radius 1 is 1.61 bits per heavy atom. The lowest BCUT2D eigenvalue weighted by Crippen LogP contribution is -2.37. The molecule has 0 aromatic carbocycles. The molecule has 1 unspecified atom stereocenters. The van der Waals surface area contributed by atoms with Gasteiger partial charge in [0.25, 0.3) is 0 Å². The largest absolute Gasteiger partial charge is 0.361 e. The summed E-state index contributed by atoms with van der Waals surface area (Å²) < 4.78 is 5.09. The predicted octanol–water partition coefficient (Wildman–Crippen LogP) is 1.00. The average Bonchev–Trinajstić information content (AvgIpc) is 2.93. The molecule has 0 spiro atoms. The molecule has 0 aliphatic carbocycles. The zero-order valence-corrected chi connectivity index (χ0v) is 11.6. The van der Waals surface area contributed by atoms with Gasteiger partial charge in [0.15, 0.2) is 0 Å². The Hall–Kier alpha value is -1.01. The van der Waals surface area contributed by atoms with Gasteiger partial charge in [-0.1, -0.05) is 5.16 Å². The SMILES string of the molecule is Cc1noc(C)c1CSCC(=O)NC1CCNC1. The molecule has 100 valence electrons. The van der Waals surface area contributed by atoms with E-state index in [0.29, 0.717) is 11.8 Å². The van der Waals surface area contributed by atoms with Crippen LogP contribution in [0.3, 0.4) is 0 Å². The molecule has 18 heavy (non-hydrogen) atoms. The summed E-state index contributed by atoms with van der Waals surface area (Å²) in [5.41, 5.74) is 2.02. The van der Waals surface area contributed by atoms with Crippen molar-refractivity contribution in [2.75, 3.05) is 18.8 Å². The van der Waals surface area contributed by atoms with Crippen LogP contribution in [0.25, 0.3) is 0 Å². The van der Waals surface area contributed by atoms with Gasteiger partial charge in [-0.15, -0.1) is 11.8 Å². The Morgan fingerprint density at radius 3 is 3.06 bits per heavy atom. The Bertz CT molecular complexity index is 394. The molecule has 1 aliphatic heterocycles. The standard InChI is InChI=1S/C12H19N3O2S/c1-8-11(9(2)17-15-8)6-18-7-12(16)14-10-3-4-13-5-10/h10,13H,3-7H2,1-2H3,(H,14,16). The van der Waals surface area contributed by atoms with Gasteiger partial charge in [-0.05, 0) is 26.8 Å². The number of nitrogens with zero attached hydrogens (tertiary/aromatic N) is 1. The Morgan fingerprint density at radius 2 is 2.44 bits per heavy atom. The van der Waals surface area contributed by atoms with Crippen molar-refractivity contribution in [3.05, 3.63) is 17.0 Å². The highest BCUT2D eigenvalue weighted by atomic mass is 32.2. The van der Waals surface area contributed by atoms with Crippen molar-refractivity contribution in [3.8, 4) is 0 Å². The maximum atomic E-state index is 11.7. The van der Waals surface area contributed by atoms with Gasteiger partial charge in [0, 0.05) is 23.9 Å². The van der Waals surface area contributed by atoms with Crippen LogP contribution in [0, 0.1) is 13.8 Å². The first-order valence-corrected chi connectivity index (χ1v) is 7.32. The number of rotatable bonds is 5. The second kappa shape index (κ2) is 6.24. The van der Waals surface area contributed by atoms with E-state index in [2.05, 4.69) is 15.8 Å². The molecule has 2 heterocycles. The van der Waals surface area contributed by atoms with Crippen molar-refractivity contribution in [1.82, 2.24) is 15.8 Å². The number of hydrogen-bond acceptors (Lipinski definition) is 5. The smallest absolute Gasteiger partial charge is 0.230 e. The number of carbonyl (C=O) groups excluding carboxylic acids is 1. The summed E-state index contributed by atoms with van der Waals surface area (Å²) in [5, 5.41) is 10.2. The van der Waals surface area contributed by atoms with E-state index in [1.165, 1.54) is 0 Å². The first-order chi connectivity index (χ1) is 8.66. The van der Waals surface area contributed by atoms with E-state index in [9.17, 15) is 4.79 Å². The van der Waals surface area contributed by atoms with E-state index < -0.39 is 0 Å². The zero-order valence-electron chi connectivity index (χ0n) is 10.8. The normalized spacial score (nSPS) is 19.1. The molecule has 1 amide bonds. The first kappa shape index (κ1) is 13.4. The summed E-state index contributed by atoms with van der Waals surface area (Å²) in [7, 11) is 0. The Balaban J connectivity index is 1.70. The van der Waals surface area contributed by atoms with Gasteiger partial charge in [0.1, 0.15) is 5.76 Å². The Kier molecular flexibility index (Phi) is 4.66. The summed E-state index contributed by atoms with van der Waals surface area (Å²) in [6, 6.07) is 0.303. The van der Waals surface area contributed by atoms with Gasteiger partial charge in [-0.2, -0.15) is 0 Å². The third kappa shape index (κ3) is 3.49. The molecule has 1 aliphatic rings. The van der Waals surface area contributed by atoms with Crippen LogP contribution in [0.2, 0.25) is 0 Å². The lowest BCUT2D eigenvalue weighted by molar-refractivity contribution is -0.119. The molecular weight excluding hydrogens is 250 g/mol. The van der Waals surface area contributed by atoms with Gasteiger partial charge < -0.3 is 15.2 Å². The highest BCUT2D eigenvalue weighted by Crippen LogP contribution is 2.19. The molecule has 1 fully saturated rings. The molecule has 2 rings (SSSR count). The minimum Gasteiger partial charge on any atom is -0.361 e. The van der Waals surface area contributed by atoms with Crippen molar-refractivity contribution >= 4 is 17.7 Å². The average molecular weight is 269 g/mol. The molecule has 1 saturated heterocycles. The van der Waals surface area contributed by atoms with Crippen LogP contribution in [0.5, 0.6) is 0 Å². The molecule has 0 radical (unpaired) electrons. The number of thioether (sulfide) groups is 1. The van der Waals surface area contributed by atoms with Gasteiger partial charge >= 0.3 is 0 Å². The molecule has 1 atom stereocenters. The van der Waals surface area contributed by atoms with Crippen molar-refractivity contribution < 1.29 is 9.32 Å². The number of nitrogens with one attached hydrogen (secondary N) is 2. The summed E-state index contributed by atoms with van der Waals surface area (Å²) >= 11 is 1.60. The molecule has 1 aromatic heterocycles. The van der Waals surface area contributed by atoms with Crippen LogP contribution in [0.4, 0.5) is 0 Å². The molecule has 6 heteroatoms. The van der Waals surface area contributed by atoms with Gasteiger partial charge in [0.2, 0.25) is 5.91 Å². The summed E-state index contributed by atoms with van der Waals surface area (Å²) in [6.07, 6.45) is 1.03. The molecule has 0 bridgehead atoms. The van der Waals surface area contributed by atoms with Crippen molar-refractivity contribution in [2.24, 2.45) is 0 Å². The lowest BCUT2D eigenvalue weighted by Gasteiger charge is -2.10. The topological polar surface area (TPSA) is 67.2 Å². The van der Waals surface area contributed by atoms with E-state index >= 15 is 0 Å². The van der Waals surface area contributed by atoms with Crippen LogP contribution >= 0.6 is 11.8 Å². The fraction of sp³-hybridized carbons (Fsp3) is 0.667. The third-order valence-corrected chi connectivity index (χ3v) is 4.05. The number of amides is 1. The fourth-order valence-corrected chi connectivity index (χ4v) is 2.99. The lowest BCUT2D eigenvalue weighted by atomic mass is 10.2. The summed E-state index contributed by atoms with van der Waals surface area (Å²) in [5.74, 6) is 2.22. The number of aromatic nitrogens is 1. The number of hydrogen-bond donors (Lipinski definition) is 2. The quantitative estimate of drug-likeness (QED) is 0.835. The van der Waals surface area contributed by atoms with Crippen LogP contribution in [0.15, 0.2) is 4.52 Å². The highest BCUT2D eigenvalue weighted by molar-refractivity contribution is 7.99. The van der Waals surface area contributed by atoms with Crippen LogP contribution in [0.1, 0.15) is 23.4 Å².